The van der Waals surface area contributed by atoms with Crippen molar-refractivity contribution in [3.05, 3.63) is 56.0 Å². The van der Waals surface area contributed by atoms with Crippen molar-refractivity contribution in [3.63, 3.8) is 0 Å². The SMILES string of the molecule is CCCNC(c1cc(C)c(C)s1)c1ccc(Cl)cc1F. The molecule has 1 atom stereocenters. The Hall–Kier alpha value is -0.900. The van der Waals surface area contributed by atoms with Gasteiger partial charge in [-0.15, -0.1) is 11.3 Å². The zero-order valence-corrected chi connectivity index (χ0v) is 13.5. The first kappa shape index (κ1) is 15.5. The highest BCUT2D eigenvalue weighted by molar-refractivity contribution is 7.12. The summed E-state index contributed by atoms with van der Waals surface area (Å²) in [5.74, 6) is -0.255. The van der Waals surface area contributed by atoms with Crippen LogP contribution in [-0.2, 0) is 0 Å². The topological polar surface area (TPSA) is 12.0 Å². The zero-order chi connectivity index (χ0) is 14.7. The minimum absolute atomic E-state index is 0.107. The molecule has 1 aromatic heterocycles. The molecule has 0 aliphatic rings. The molecular formula is C16H19ClFNS. The second kappa shape index (κ2) is 6.70. The van der Waals surface area contributed by atoms with Gasteiger partial charge in [0.2, 0.25) is 0 Å². The minimum atomic E-state index is -0.255. The summed E-state index contributed by atoms with van der Waals surface area (Å²) < 4.78 is 14.2. The average molecular weight is 312 g/mol. The Morgan fingerprint density at radius 3 is 2.60 bits per heavy atom. The maximum absolute atomic E-state index is 14.2. The summed E-state index contributed by atoms with van der Waals surface area (Å²) in [6, 6.07) is 6.93. The molecule has 0 aliphatic heterocycles. The van der Waals surface area contributed by atoms with Crippen LogP contribution in [-0.4, -0.2) is 6.54 Å². The van der Waals surface area contributed by atoms with Gasteiger partial charge in [0.25, 0.3) is 0 Å². The standard InChI is InChI=1S/C16H19ClFNS/c1-4-7-19-16(15-8-10(2)11(3)20-15)13-6-5-12(17)9-14(13)18/h5-6,8-9,16,19H,4,7H2,1-3H3. The molecule has 1 N–H and O–H groups in total. The minimum Gasteiger partial charge on any atom is -0.306 e. The number of aryl methyl sites for hydroxylation is 2. The zero-order valence-electron chi connectivity index (χ0n) is 12.0. The third kappa shape index (κ3) is 3.40. The fourth-order valence-electron chi connectivity index (χ4n) is 2.13. The van der Waals surface area contributed by atoms with E-state index in [1.807, 2.05) is 0 Å². The van der Waals surface area contributed by atoms with E-state index in [-0.39, 0.29) is 11.9 Å². The van der Waals surface area contributed by atoms with Gasteiger partial charge >= 0.3 is 0 Å². The summed E-state index contributed by atoms with van der Waals surface area (Å²) in [5, 5.41) is 3.86. The molecule has 0 fully saturated rings. The second-order valence-corrected chi connectivity index (χ2v) is 6.67. The van der Waals surface area contributed by atoms with Gasteiger partial charge in [-0.05, 0) is 50.6 Å². The van der Waals surface area contributed by atoms with Crippen LogP contribution in [0.3, 0.4) is 0 Å². The molecule has 108 valence electrons. The molecule has 0 spiro atoms. The molecule has 0 aliphatic carbocycles. The summed E-state index contributed by atoms with van der Waals surface area (Å²) in [6.07, 6.45) is 1.01. The predicted octanol–water partition coefficient (Wildman–Crippen LogP) is 5.25. The average Bonchev–Trinajstić information content (AvgIpc) is 2.72. The third-order valence-electron chi connectivity index (χ3n) is 3.34. The molecule has 1 nitrogen and oxygen atoms in total. The summed E-state index contributed by atoms with van der Waals surface area (Å²) in [7, 11) is 0. The number of hydrogen-bond acceptors (Lipinski definition) is 2. The molecule has 0 bridgehead atoms. The van der Waals surface area contributed by atoms with Crippen LogP contribution in [0.15, 0.2) is 24.3 Å². The molecule has 1 unspecified atom stereocenters. The summed E-state index contributed by atoms with van der Waals surface area (Å²) in [6.45, 7) is 7.14. The molecule has 2 aromatic rings. The van der Waals surface area contributed by atoms with E-state index < -0.39 is 0 Å². The van der Waals surface area contributed by atoms with E-state index >= 15 is 0 Å². The number of nitrogens with one attached hydrogen (secondary N) is 1. The van der Waals surface area contributed by atoms with Crippen molar-refractivity contribution in [3.8, 4) is 0 Å². The summed E-state index contributed by atoms with van der Waals surface area (Å²) in [4.78, 5) is 2.42. The molecule has 0 saturated carbocycles. The molecule has 0 amide bonds. The lowest BCUT2D eigenvalue weighted by Gasteiger charge is -2.18. The molecule has 0 radical (unpaired) electrons. The van der Waals surface area contributed by atoms with Gasteiger partial charge in [-0.25, -0.2) is 4.39 Å². The van der Waals surface area contributed by atoms with Crippen LogP contribution in [0.25, 0.3) is 0 Å². The van der Waals surface area contributed by atoms with Crippen molar-refractivity contribution >= 4 is 22.9 Å². The van der Waals surface area contributed by atoms with Crippen molar-refractivity contribution < 1.29 is 4.39 Å². The van der Waals surface area contributed by atoms with Crippen LogP contribution in [0.5, 0.6) is 0 Å². The van der Waals surface area contributed by atoms with E-state index in [0.717, 1.165) is 17.8 Å². The van der Waals surface area contributed by atoms with Crippen molar-refractivity contribution in [2.45, 2.75) is 33.2 Å². The fraction of sp³-hybridized carbons (Fsp3) is 0.375. The first-order chi connectivity index (χ1) is 9.52. The fourth-order valence-corrected chi connectivity index (χ4v) is 3.43. The number of hydrogen-bond donors (Lipinski definition) is 1. The number of rotatable bonds is 5. The quantitative estimate of drug-likeness (QED) is 0.795. The lowest BCUT2D eigenvalue weighted by Crippen LogP contribution is -2.23. The van der Waals surface area contributed by atoms with Crippen molar-refractivity contribution in [1.29, 1.82) is 0 Å². The normalized spacial score (nSPS) is 12.7. The van der Waals surface area contributed by atoms with Crippen LogP contribution >= 0.6 is 22.9 Å². The van der Waals surface area contributed by atoms with E-state index in [9.17, 15) is 4.39 Å². The maximum atomic E-state index is 14.2. The van der Waals surface area contributed by atoms with Crippen LogP contribution in [0.1, 0.15) is 40.3 Å². The van der Waals surface area contributed by atoms with Crippen LogP contribution in [0, 0.1) is 19.7 Å². The van der Waals surface area contributed by atoms with Gasteiger partial charge in [0.15, 0.2) is 0 Å². The smallest absolute Gasteiger partial charge is 0.129 e. The Morgan fingerprint density at radius 1 is 1.30 bits per heavy atom. The largest absolute Gasteiger partial charge is 0.306 e. The Balaban J connectivity index is 2.41. The summed E-state index contributed by atoms with van der Waals surface area (Å²) in [5.41, 5.74) is 1.91. The van der Waals surface area contributed by atoms with Gasteiger partial charge in [-0.1, -0.05) is 24.6 Å². The van der Waals surface area contributed by atoms with E-state index in [0.29, 0.717) is 10.6 Å². The van der Waals surface area contributed by atoms with Gasteiger partial charge in [-0.2, -0.15) is 0 Å². The van der Waals surface area contributed by atoms with Crippen LogP contribution in [0.2, 0.25) is 5.02 Å². The molecular weight excluding hydrogens is 293 g/mol. The number of benzene rings is 1. The first-order valence-corrected chi connectivity index (χ1v) is 7.97. The predicted molar refractivity (Wildman–Crippen MR) is 85.3 cm³/mol. The van der Waals surface area contributed by atoms with Crippen LogP contribution in [0.4, 0.5) is 4.39 Å². The van der Waals surface area contributed by atoms with E-state index in [2.05, 4.69) is 32.2 Å². The summed E-state index contributed by atoms with van der Waals surface area (Å²) >= 11 is 7.56. The Kier molecular flexibility index (Phi) is 5.19. The van der Waals surface area contributed by atoms with Crippen molar-refractivity contribution in [2.24, 2.45) is 0 Å². The highest BCUT2D eigenvalue weighted by atomic mass is 35.5. The maximum Gasteiger partial charge on any atom is 0.129 e. The van der Waals surface area contributed by atoms with E-state index in [1.54, 1.807) is 23.5 Å². The molecule has 1 aromatic carbocycles. The molecule has 1 heterocycles. The molecule has 4 heteroatoms. The highest BCUT2D eigenvalue weighted by Crippen LogP contribution is 2.32. The monoisotopic (exact) mass is 311 g/mol. The second-order valence-electron chi connectivity index (χ2n) is 4.94. The van der Waals surface area contributed by atoms with Gasteiger partial charge in [0.1, 0.15) is 5.82 Å². The van der Waals surface area contributed by atoms with E-state index in [1.165, 1.54) is 16.5 Å². The van der Waals surface area contributed by atoms with Gasteiger partial charge in [0, 0.05) is 20.3 Å². The Bertz CT molecular complexity index is 575. The Labute approximate surface area is 128 Å². The van der Waals surface area contributed by atoms with Gasteiger partial charge in [0.05, 0.1) is 6.04 Å². The number of thiophene rings is 1. The third-order valence-corrected chi connectivity index (χ3v) is 4.79. The molecule has 20 heavy (non-hydrogen) atoms. The van der Waals surface area contributed by atoms with Gasteiger partial charge < -0.3 is 5.32 Å². The highest BCUT2D eigenvalue weighted by Gasteiger charge is 2.20. The lowest BCUT2D eigenvalue weighted by atomic mass is 10.0. The molecule has 0 saturated heterocycles. The van der Waals surface area contributed by atoms with E-state index in [4.69, 9.17) is 11.6 Å². The van der Waals surface area contributed by atoms with Crippen molar-refractivity contribution in [1.82, 2.24) is 5.32 Å². The lowest BCUT2D eigenvalue weighted by molar-refractivity contribution is 0.551. The van der Waals surface area contributed by atoms with Crippen LogP contribution < -0.4 is 5.32 Å². The van der Waals surface area contributed by atoms with Crippen molar-refractivity contribution in [2.75, 3.05) is 6.54 Å². The van der Waals surface area contributed by atoms with Gasteiger partial charge in [-0.3, -0.25) is 0 Å². The number of halogens is 2. The Morgan fingerprint density at radius 2 is 2.05 bits per heavy atom. The molecule has 2 rings (SSSR count). The first-order valence-electron chi connectivity index (χ1n) is 6.78.